The van der Waals surface area contributed by atoms with Crippen LogP contribution in [0.4, 0.5) is 0 Å². The van der Waals surface area contributed by atoms with Crippen LogP contribution >= 0.6 is 0 Å². The Hall–Kier alpha value is -4.30. The van der Waals surface area contributed by atoms with Crippen LogP contribution in [0.15, 0.2) is 49.1 Å². The number of ether oxygens (including phenoxy) is 3. The van der Waals surface area contributed by atoms with E-state index in [1.807, 2.05) is 24.3 Å². The minimum atomic E-state index is -3.86. The number of aromatic nitrogens is 1. The number of pyridine rings is 1. The number of allylic oxidation sites excluding steroid dienone is 3. The second-order valence-electron chi connectivity index (χ2n) is 19.8. The first-order valence-corrected chi connectivity index (χ1v) is 25.9. The van der Waals surface area contributed by atoms with Gasteiger partial charge in [-0.3, -0.25) is 28.8 Å². The molecule has 346 valence electrons. The van der Waals surface area contributed by atoms with Crippen LogP contribution in [0.3, 0.4) is 0 Å². The van der Waals surface area contributed by atoms with E-state index in [1.54, 1.807) is 11.0 Å². The van der Waals surface area contributed by atoms with Crippen molar-refractivity contribution in [2.75, 3.05) is 32.8 Å². The summed E-state index contributed by atoms with van der Waals surface area (Å²) in [6, 6.07) is 6.92. The van der Waals surface area contributed by atoms with Crippen molar-refractivity contribution >= 4 is 44.5 Å². The van der Waals surface area contributed by atoms with Crippen LogP contribution in [0, 0.1) is 29.1 Å². The molecule has 4 heterocycles. The highest BCUT2D eigenvalue weighted by molar-refractivity contribution is 7.90. The average molecular weight is 899 g/mol. The molecule has 13 nitrogen and oxygen atoms in total. The molecule has 4 aliphatic carbocycles. The number of Topliss-reactive ketones (excluding diaryl/α,β-unsaturated/α-hetero) is 1. The van der Waals surface area contributed by atoms with Gasteiger partial charge in [0.2, 0.25) is 27.7 Å². The zero-order chi connectivity index (χ0) is 44.4. The van der Waals surface area contributed by atoms with Crippen molar-refractivity contribution in [3.63, 3.8) is 0 Å². The van der Waals surface area contributed by atoms with Crippen LogP contribution in [-0.2, 0) is 40.4 Å². The van der Waals surface area contributed by atoms with Crippen molar-refractivity contribution in [1.82, 2.24) is 19.5 Å². The van der Waals surface area contributed by atoms with Gasteiger partial charge in [-0.1, -0.05) is 49.6 Å². The molecule has 2 amide bonds. The van der Waals surface area contributed by atoms with Crippen LogP contribution in [-0.4, -0.2) is 103 Å². The number of likely N-dealkylation sites (tertiary alicyclic amines) is 1. The largest absolute Gasteiger partial charge is 0.491 e. The molecule has 6 fully saturated rings. The van der Waals surface area contributed by atoms with E-state index in [4.69, 9.17) is 19.2 Å². The maximum absolute atomic E-state index is 15.2. The number of carbonyl (C=O) groups is 4. The molecule has 3 aliphatic heterocycles. The molecule has 2 saturated heterocycles. The SMILES string of the molecule is C=CC1C[C@]1(CC(=O)[C@@H]1C[C@@H]2CN1C(=O)[C@H](C1CCCC1)CC(=O)O[C@@H]1CCC[C@H]1CC/C=C/Cc1c(nc3ccccc3c1OCCN1CCCCC1)O2)C(=O)NS(=O)(=O)C1CC1. The third-order valence-electron chi connectivity index (χ3n) is 15.5. The lowest BCUT2D eigenvalue weighted by atomic mass is 9.86. The Kier molecular flexibility index (Phi) is 13.5. The fourth-order valence-corrected chi connectivity index (χ4v) is 12.9. The molecule has 14 heteroatoms. The van der Waals surface area contributed by atoms with Crippen LogP contribution in [0.1, 0.15) is 121 Å². The Morgan fingerprint density at radius 3 is 2.48 bits per heavy atom. The number of ketones is 1. The van der Waals surface area contributed by atoms with Crippen LogP contribution in [0.2, 0.25) is 0 Å². The van der Waals surface area contributed by atoms with Gasteiger partial charge in [-0.05, 0) is 126 Å². The van der Waals surface area contributed by atoms with Crippen molar-refractivity contribution in [3.8, 4) is 11.6 Å². The Labute approximate surface area is 378 Å². The lowest BCUT2D eigenvalue weighted by Gasteiger charge is -2.31. The summed E-state index contributed by atoms with van der Waals surface area (Å²) in [5, 5.41) is 0.284. The third-order valence-corrected chi connectivity index (χ3v) is 17.3. The Balaban J connectivity index is 1.06. The van der Waals surface area contributed by atoms with Gasteiger partial charge in [0.25, 0.3) is 0 Å². The molecule has 1 aromatic heterocycles. The van der Waals surface area contributed by atoms with Gasteiger partial charge in [-0.15, -0.1) is 6.58 Å². The minimum absolute atomic E-state index is 0.0393. The summed E-state index contributed by atoms with van der Waals surface area (Å²) >= 11 is 0. The topological polar surface area (TPSA) is 162 Å². The maximum Gasteiger partial charge on any atom is 0.306 e. The lowest BCUT2D eigenvalue weighted by molar-refractivity contribution is -0.156. The van der Waals surface area contributed by atoms with E-state index in [1.165, 1.54) is 19.3 Å². The second kappa shape index (κ2) is 19.3. The predicted octanol–water partition coefficient (Wildman–Crippen LogP) is 7.01. The molecule has 1 N–H and O–H groups in total. The quantitative estimate of drug-likeness (QED) is 0.172. The van der Waals surface area contributed by atoms with Gasteiger partial charge < -0.3 is 19.1 Å². The Bertz CT molecular complexity index is 2230. The molecule has 0 spiro atoms. The number of sulfonamides is 1. The van der Waals surface area contributed by atoms with Gasteiger partial charge in [0.05, 0.1) is 46.7 Å². The number of amides is 2. The number of esters is 1. The fourth-order valence-electron chi connectivity index (χ4n) is 11.5. The van der Waals surface area contributed by atoms with Gasteiger partial charge >= 0.3 is 5.97 Å². The summed E-state index contributed by atoms with van der Waals surface area (Å²) in [5.74, 6) is -1.45. The summed E-state index contributed by atoms with van der Waals surface area (Å²) < 4.78 is 48.1. The van der Waals surface area contributed by atoms with Crippen molar-refractivity contribution in [3.05, 3.63) is 54.6 Å². The van der Waals surface area contributed by atoms with E-state index in [-0.39, 0.29) is 67.8 Å². The summed E-state index contributed by atoms with van der Waals surface area (Å²) in [5.41, 5.74) is 0.231. The molecular formula is C50H66N4O9S. The summed E-state index contributed by atoms with van der Waals surface area (Å²) in [7, 11) is -3.86. The molecular weight excluding hydrogens is 833 g/mol. The summed E-state index contributed by atoms with van der Waals surface area (Å²) in [4.78, 5) is 66.9. The van der Waals surface area contributed by atoms with Gasteiger partial charge in [-0.2, -0.15) is 0 Å². The molecule has 1 unspecified atom stereocenters. The van der Waals surface area contributed by atoms with Gasteiger partial charge in [0, 0.05) is 24.8 Å². The van der Waals surface area contributed by atoms with E-state index >= 15 is 4.79 Å². The minimum Gasteiger partial charge on any atom is -0.491 e. The summed E-state index contributed by atoms with van der Waals surface area (Å²) in [6.07, 6.45) is 18.3. The number of benzene rings is 1. The van der Waals surface area contributed by atoms with Gasteiger partial charge in [0.15, 0.2) is 5.78 Å². The predicted molar refractivity (Wildman–Crippen MR) is 242 cm³/mol. The normalized spacial score (nSPS) is 31.2. The van der Waals surface area contributed by atoms with E-state index in [0.717, 1.165) is 94.1 Å². The van der Waals surface area contributed by atoms with E-state index in [2.05, 4.69) is 28.4 Å². The first-order valence-electron chi connectivity index (χ1n) is 24.3. The molecule has 0 radical (unpaired) electrons. The van der Waals surface area contributed by atoms with E-state index in [9.17, 15) is 22.8 Å². The number of fused-ring (bicyclic) bond motifs is 5. The average Bonchev–Trinajstić information content (AvgIpc) is 4.08. The number of nitrogens with zero attached hydrogens (tertiary/aromatic N) is 3. The highest BCUT2D eigenvalue weighted by Crippen LogP contribution is 2.57. The monoisotopic (exact) mass is 898 g/mol. The van der Waals surface area contributed by atoms with Crippen LogP contribution in [0.25, 0.3) is 10.9 Å². The first kappa shape index (κ1) is 44.9. The standard InChI is InChI=1S/C50H66N4O9S/c1-2-35-30-50(35,49(58)52-64(59,60)37-22-23-37)31-43(55)42-28-36-32-54(42)48(57)40(33-14-7-8-15-33)29-45(56)63-44-21-13-17-34(44)16-5-3-6-19-39-46(61-27-26-53-24-11-4-12-25-53)38-18-9-10-20-41(38)51-47(39)62-36/h2-3,6,9-10,18,20,33-37,40,42,44H,1,4-5,7-8,11-17,19,21-32H2,(H,52,58)/b6-3+/t34-,35?,36-,40+,42+,44-,50-/m1/s1. The molecule has 2 aromatic rings. The van der Waals surface area contributed by atoms with Gasteiger partial charge in [0.1, 0.15) is 24.6 Å². The van der Waals surface area contributed by atoms with Crippen molar-refractivity contribution < 1.29 is 41.8 Å². The number of hydrogen-bond acceptors (Lipinski definition) is 11. The van der Waals surface area contributed by atoms with Crippen molar-refractivity contribution in [2.24, 2.45) is 29.1 Å². The molecule has 7 aliphatic rings. The van der Waals surface area contributed by atoms with Crippen molar-refractivity contribution in [2.45, 2.75) is 145 Å². The molecule has 7 atom stereocenters. The smallest absolute Gasteiger partial charge is 0.306 e. The molecule has 4 saturated carbocycles. The second-order valence-corrected chi connectivity index (χ2v) is 21.8. The number of rotatable bonds is 12. The highest BCUT2D eigenvalue weighted by Gasteiger charge is 2.61. The summed E-state index contributed by atoms with van der Waals surface area (Å²) in [6.45, 7) is 7.40. The number of para-hydroxylation sites is 1. The third kappa shape index (κ3) is 9.78. The number of hydrogen-bond donors (Lipinski definition) is 1. The Morgan fingerprint density at radius 2 is 1.72 bits per heavy atom. The van der Waals surface area contributed by atoms with E-state index in [0.29, 0.717) is 37.3 Å². The van der Waals surface area contributed by atoms with Crippen LogP contribution in [0.5, 0.6) is 11.6 Å². The lowest BCUT2D eigenvalue weighted by Crippen LogP contribution is -2.47. The Morgan fingerprint density at radius 1 is 0.938 bits per heavy atom. The highest BCUT2D eigenvalue weighted by atomic mass is 32.2. The maximum atomic E-state index is 15.2. The van der Waals surface area contributed by atoms with Crippen molar-refractivity contribution in [1.29, 1.82) is 0 Å². The molecule has 9 rings (SSSR count). The number of piperidine rings is 1. The zero-order valence-corrected chi connectivity index (χ0v) is 38.1. The zero-order valence-electron chi connectivity index (χ0n) is 37.3. The van der Waals surface area contributed by atoms with E-state index < -0.39 is 50.6 Å². The number of carbonyl (C=O) groups excluding carboxylic acids is 4. The van der Waals surface area contributed by atoms with Crippen LogP contribution < -0.4 is 14.2 Å². The molecule has 1 aromatic carbocycles. The number of nitrogens with one attached hydrogen (secondary N) is 1. The first-order chi connectivity index (χ1) is 31.0. The fraction of sp³-hybridized carbons (Fsp3) is 0.660. The van der Waals surface area contributed by atoms with Gasteiger partial charge in [-0.25, -0.2) is 13.4 Å². The molecule has 64 heavy (non-hydrogen) atoms. The molecule has 2 bridgehead atoms.